The average Bonchev–Trinajstić information content (AvgIpc) is 2.44. The van der Waals surface area contributed by atoms with E-state index in [-0.39, 0.29) is 22.8 Å². The smallest absolute Gasteiger partial charge is 0.158 e. The molecule has 0 bridgehead atoms. The fourth-order valence-corrected chi connectivity index (χ4v) is 2.02. The number of benzene rings is 2. The van der Waals surface area contributed by atoms with Crippen LogP contribution in [0.1, 0.15) is 17.2 Å². The maximum Gasteiger partial charge on any atom is 0.158 e. The largest absolute Gasteiger partial charge is 0.318 e. The summed E-state index contributed by atoms with van der Waals surface area (Å²) in [6, 6.07) is 12.9. The number of hydrogen-bond donors (Lipinski definition) is 1. The first-order valence-electron chi connectivity index (χ1n) is 5.85. The lowest BCUT2D eigenvalue weighted by molar-refractivity contribution is -0.119. The predicted octanol–water partition coefficient (Wildman–Crippen LogP) is 3.29. The van der Waals surface area contributed by atoms with E-state index in [0.29, 0.717) is 0 Å². The molecule has 0 fully saturated rings. The van der Waals surface area contributed by atoms with Gasteiger partial charge in [0, 0.05) is 6.42 Å². The first kappa shape index (κ1) is 13.7. The quantitative estimate of drug-likeness (QED) is 0.932. The van der Waals surface area contributed by atoms with E-state index >= 15 is 0 Å². The molecule has 4 heteroatoms. The summed E-state index contributed by atoms with van der Waals surface area (Å²) in [5.41, 5.74) is 6.85. The molecule has 0 saturated carbocycles. The van der Waals surface area contributed by atoms with Gasteiger partial charge in [-0.2, -0.15) is 0 Å². The van der Waals surface area contributed by atoms with Gasteiger partial charge in [-0.05, 0) is 17.2 Å². The van der Waals surface area contributed by atoms with Gasteiger partial charge in [-0.1, -0.05) is 54.1 Å². The topological polar surface area (TPSA) is 43.1 Å². The zero-order valence-electron chi connectivity index (χ0n) is 10.1. The summed E-state index contributed by atoms with van der Waals surface area (Å²) in [6.07, 6.45) is -0.0670. The van der Waals surface area contributed by atoms with Crippen molar-refractivity contribution in [1.82, 2.24) is 0 Å². The Balaban J connectivity index is 2.15. The highest BCUT2D eigenvalue weighted by molar-refractivity contribution is 6.30. The molecule has 0 radical (unpaired) electrons. The molecule has 0 aliphatic heterocycles. The van der Waals surface area contributed by atoms with E-state index < -0.39 is 11.9 Å². The zero-order valence-corrected chi connectivity index (χ0v) is 10.9. The van der Waals surface area contributed by atoms with Crippen LogP contribution in [0, 0.1) is 5.82 Å². The van der Waals surface area contributed by atoms with Crippen molar-refractivity contribution in [2.75, 3.05) is 0 Å². The van der Waals surface area contributed by atoms with E-state index in [4.69, 9.17) is 17.3 Å². The fourth-order valence-electron chi connectivity index (χ4n) is 1.83. The molecular formula is C15H13ClFNO. The third-order valence-electron chi connectivity index (χ3n) is 2.90. The molecule has 0 aliphatic carbocycles. The summed E-state index contributed by atoms with van der Waals surface area (Å²) in [7, 11) is 0. The molecule has 0 heterocycles. The molecule has 2 nitrogen and oxygen atoms in total. The molecule has 0 aliphatic rings. The van der Waals surface area contributed by atoms with Crippen LogP contribution in [0.2, 0.25) is 5.02 Å². The van der Waals surface area contributed by atoms with Crippen molar-refractivity contribution < 1.29 is 9.18 Å². The molecule has 98 valence electrons. The van der Waals surface area contributed by atoms with Gasteiger partial charge in [-0.3, -0.25) is 4.79 Å². The zero-order chi connectivity index (χ0) is 13.8. The number of carbonyl (C=O) groups excluding carboxylic acids is 1. The van der Waals surface area contributed by atoms with Gasteiger partial charge in [0.25, 0.3) is 0 Å². The summed E-state index contributed by atoms with van der Waals surface area (Å²) in [5, 5.41) is 0.0126. The predicted molar refractivity (Wildman–Crippen MR) is 73.5 cm³/mol. The van der Waals surface area contributed by atoms with Crippen LogP contribution in [0.25, 0.3) is 0 Å². The first-order valence-corrected chi connectivity index (χ1v) is 6.23. The summed E-state index contributed by atoms with van der Waals surface area (Å²) in [6.45, 7) is 0. The minimum atomic E-state index is -0.750. The second-order valence-electron chi connectivity index (χ2n) is 4.24. The highest BCUT2D eigenvalue weighted by atomic mass is 35.5. The number of rotatable bonds is 4. The maximum atomic E-state index is 13.7. The van der Waals surface area contributed by atoms with Crippen molar-refractivity contribution in [3.63, 3.8) is 0 Å². The summed E-state index contributed by atoms with van der Waals surface area (Å²) in [5.74, 6) is -0.801. The summed E-state index contributed by atoms with van der Waals surface area (Å²) < 4.78 is 13.7. The lowest BCUT2D eigenvalue weighted by atomic mass is 9.98. The summed E-state index contributed by atoms with van der Waals surface area (Å²) in [4.78, 5) is 12.0. The van der Waals surface area contributed by atoms with Gasteiger partial charge in [0.2, 0.25) is 0 Å². The van der Waals surface area contributed by atoms with E-state index in [1.807, 2.05) is 18.2 Å². The van der Waals surface area contributed by atoms with Crippen LogP contribution in [0.15, 0.2) is 48.5 Å². The molecule has 0 spiro atoms. The molecule has 19 heavy (non-hydrogen) atoms. The van der Waals surface area contributed by atoms with Crippen molar-refractivity contribution in [2.45, 2.75) is 12.5 Å². The molecule has 2 rings (SSSR count). The number of carbonyl (C=O) groups is 1. The van der Waals surface area contributed by atoms with Gasteiger partial charge < -0.3 is 5.73 Å². The van der Waals surface area contributed by atoms with E-state index in [0.717, 1.165) is 5.56 Å². The number of hydrogen-bond acceptors (Lipinski definition) is 2. The molecule has 1 atom stereocenters. The standard InChI is InChI=1S/C15H13ClFNO/c16-12-8-4-7-11(14(12)17)9-13(19)15(18)10-5-2-1-3-6-10/h1-8,15H,9,18H2. The molecule has 0 saturated heterocycles. The number of halogens is 2. The Bertz CT molecular complexity index is 586. The minimum absolute atomic E-state index is 0.0126. The second kappa shape index (κ2) is 5.95. The molecule has 0 aromatic heterocycles. The molecule has 1 unspecified atom stereocenters. The number of Topliss-reactive ketones (excluding diaryl/α,β-unsaturated/α-hetero) is 1. The fraction of sp³-hybridized carbons (Fsp3) is 0.133. The van der Waals surface area contributed by atoms with E-state index in [1.165, 1.54) is 12.1 Å². The summed E-state index contributed by atoms with van der Waals surface area (Å²) >= 11 is 5.68. The minimum Gasteiger partial charge on any atom is -0.318 e. The Morgan fingerprint density at radius 2 is 1.84 bits per heavy atom. The molecule has 2 aromatic carbocycles. The van der Waals surface area contributed by atoms with Gasteiger partial charge in [0.15, 0.2) is 5.78 Å². The van der Waals surface area contributed by atoms with Crippen molar-refractivity contribution in [2.24, 2.45) is 5.73 Å². The normalized spacial score (nSPS) is 12.2. The van der Waals surface area contributed by atoms with Crippen LogP contribution in [0.3, 0.4) is 0 Å². The van der Waals surface area contributed by atoms with Gasteiger partial charge in [0.1, 0.15) is 5.82 Å². The Morgan fingerprint density at radius 3 is 2.53 bits per heavy atom. The molecule has 0 amide bonds. The highest BCUT2D eigenvalue weighted by Crippen LogP contribution is 2.20. The van der Waals surface area contributed by atoms with Crippen LogP contribution >= 0.6 is 11.6 Å². The lowest BCUT2D eigenvalue weighted by Gasteiger charge is -2.11. The van der Waals surface area contributed by atoms with Gasteiger partial charge in [-0.15, -0.1) is 0 Å². The molecule has 2 aromatic rings. The van der Waals surface area contributed by atoms with Crippen LogP contribution in [-0.2, 0) is 11.2 Å². The van der Waals surface area contributed by atoms with Gasteiger partial charge in [0.05, 0.1) is 11.1 Å². The third-order valence-corrected chi connectivity index (χ3v) is 3.19. The number of nitrogens with two attached hydrogens (primary N) is 1. The van der Waals surface area contributed by atoms with Gasteiger partial charge in [-0.25, -0.2) is 4.39 Å². The van der Waals surface area contributed by atoms with E-state index in [9.17, 15) is 9.18 Å². The first-order chi connectivity index (χ1) is 9.09. The van der Waals surface area contributed by atoms with Crippen LogP contribution < -0.4 is 5.73 Å². The van der Waals surface area contributed by atoms with E-state index in [1.54, 1.807) is 18.2 Å². The van der Waals surface area contributed by atoms with Crippen molar-refractivity contribution >= 4 is 17.4 Å². The Morgan fingerprint density at radius 1 is 1.16 bits per heavy atom. The number of ketones is 1. The molecule has 2 N–H and O–H groups in total. The third kappa shape index (κ3) is 3.19. The maximum absolute atomic E-state index is 13.7. The monoisotopic (exact) mass is 277 g/mol. The van der Waals surface area contributed by atoms with Crippen molar-refractivity contribution in [1.29, 1.82) is 0 Å². The van der Waals surface area contributed by atoms with Crippen molar-refractivity contribution in [3.8, 4) is 0 Å². The highest BCUT2D eigenvalue weighted by Gasteiger charge is 2.18. The van der Waals surface area contributed by atoms with Crippen LogP contribution in [-0.4, -0.2) is 5.78 Å². The SMILES string of the molecule is NC(C(=O)Cc1cccc(Cl)c1F)c1ccccc1. The van der Waals surface area contributed by atoms with Crippen LogP contribution in [0.5, 0.6) is 0 Å². The Kier molecular flexibility index (Phi) is 4.30. The van der Waals surface area contributed by atoms with E-state index in [2.05, 4.69) is 0 Å². The van der Waals surface area contributed by atoms with Crippen LogP contribution in [0.4, 0.5) is 4.39 Å². The van der Waals surface area contributed by atoms with Gasteiger partial charge >= 0.3 is 0 Å². The lowest BCUT2D eigenvalue weighted by Crippen LogP contribution is -2.23. The molecular weight excluding hydrogens is 265 g/mol. The average molecular weight is 278 g/mol. The Hall–Kier alpha value is -1.71. The Labute approximate surface area is 116 Å². The van der Waals surface area contributed by atoms with Crippen molar-refractivity contribution in [3.05, 3.63) is 70.5 Å². The second-order valence-corrected chi connectivity index (χ2v) is 4.65.